The normalized spacial score (nSPS) is 11.9. The lowest BCUT2D eigenvalue weighted by atomic mass is 10.1. The maximum atomic E-state index is 10.8. The molecule has 0 aliphatic carbocycles. The van der Waals surface area contributed by atoms with Crippen molar-refractivity contribution < 1.29 is 14.3 Å². The summed E-state index contributed by atoms with van der Waals surface area (Å²) in [5.74, 6) is 0.262. The van der Waals surface area contributed by atoms with E-state index < -0.39 is 0 Å². The first-order valence-corrected chi connectivity index (χ1v) is 5.16. The Bertz CT molecular complexity index is 333. The number of carbonyl (C=O) groups excluding carboxylic acids is 1. The topological polar surface area (TPSA) is 61.5 Å². The molecule has 0 saturated heterocycles. The summed E-state index contributed by atoms with van der Waals surface area (Å²) < 4.78 is 9.68. The van der Waals surface area contributed by atoms with Crippen LogP contribution in [0.2, 0.25) is 0 Å². The summed E-state index contributed by atoms with van der Waals surface area (Å²) in [5.41, 5.74) is 6.84. The van der Waals surface area contributed by atoms with Gasteiger partial charge < -0.3 is 15.2 Å². The molecule has 1 aromatic rings. The Hall–Kier alpha value is -1.55. The van der Waals surface area contributed by atoms with Gasteiger partial charge in [0.05, 0.1) is 7.11 Å². The van der Waals surface area contributed by atoms with Crippen LogP contribution in [0.4, 0.5) is 0 Å². The number of ether oxygens (including phenoxy) is 2. The maximum absolute atomic E-state index is 10.8. The van der Waals surface area contributed by atoms with Gasteiger partial charge in [-0.3, -0.25) is 0 Å². The summed E-state index contributed by atoms with van der Waals surface area (Å²) in [6.07, 6.45) is 0.831. The van der Waals surface area contributed by atoms with Gasteiger partial charge in [-0.15, -0.1) is 0 Å². The molecule has 0 aliphatic rings. The second kappa shape index (κ2) is 6.12. The molecule has 1 aromatic carbocycles. The second-order valence-corrected chi connectivity index (χ2v) is 3.69. The van der Waals surface area contributed by atoms with Crippen LogP contribution in [0.3, 0.4) is 0 Å². The molecule has 1 atom stereocenters. The molecule has 88 valence electrons. The fraction of sp³-hybridized carbons (Fsp3) is 0.417. The lowest BCUT2D eigenvalue weighted by Gasteiger charge is -2.07. The molecule has 0 amide bonds. The maximum Gasteiger partial charge on any atom is 0.343 e. The Balaban J connectivity index is 2.48. The summed E-state index contributed by atoms with van der Waals surface area (Å²) in [6, 6.07) is 7.66. The molecule has 0 aromatic heterocycles. The van der Waals surface area contributed by atoms with Crippen LogP contribution in [-0.2, 0) is 16.0 Å². The van der Waals surface area contributed by atoms with Crippen LogP contribution in [0.25, 0.3) is 0 Å². The molecule has 0 aliphatic heterocycles. The highest BCUT2D eigenvalue weighted by Crippen LogP contribution is 2.13. The minimum Gasteiger partial charge on any atom is -0.482 e. The zero-order chi connectivity index (χ0) is 12.0. The molecule has 16 heavy (non-hydrogen) atoms. The fourth-order valence-corrected chi connectivity index (χ4v) is 1.29. The Morgan fingerprint density at radius 1 is 1.38 bits per heavy atom. The number of carbonyl (C=O) groups is 1. The Labute approximate surface area is 95.3 Å². The highest BCUT2D eigenvalue weighted by molar-refractivity contribution is 5.70. The zero-order valence-corrected chi connectivity index (χ0v) is 9.60. The molecule has 2 N–H and O–H groups in total. The molecule has 0 radical (unpaired) electrons. The summed E-state index contributed by atoms with van der Waals surface area (Å²) in [5, 5.41) is 0. The van der Waals surface area contributed by atoms with Crippen LogP contribution < -0.4 is 10.5 Å². The zero-order valence-electron chi connectivity index (χ0n) is 9.60. The summed E-state index contributed by atoms with van der Waals surface area (Å²) in [4.78, 5) is 10.8. The van der Waals surface area contributed by atoms with Gasteiger partial charge in [0, 0.05) is 6.04 Å². The first-order chi connectivity index (χ1) is 7.61. The fourth-order valence-electron chi connectivity index (χ4n) is 1.29. The summed E-state index contributed by atoms with van der Waals surface area (Å²) >= 11 is 0. The average molecular weight is 223 g/mol. The van der Waals surface area contributed by atoms with E-state index >= 15 is 0 Å². The molecule has 0 bridgehead atoms. The van der Waals surface area contributed by atoms with Gasteiger partial charge >= 0.3 is 5.97 Å². The minimum atomic E-state index is -0.389. The smallest absolute Gasteiger partial charge is 0.343 e. The number of hydrogen-bond acceptors (Lipinski definition) is 4. The van der Waals surface area contributed by atoms with Crippen LogP contribution in [0, 0.1) is 0 Å². The Morgan fingerprint density at radius 2 is 2.00 bits per heavy atom. The molecule has 1 unspecified atom stereocenters. The van der Waals surface area contributed by atoms with Crippen molar-refractivity contribution in [1.82, 2.24) is 0 Å². The third-order valence-corrected chi connectivity index (χ3v) is 2.07. The van der Waals surface area contributed by atoms with E-state index in [0.717, 1.165) is 12.0 Å². The molecule has 4 heteroatoms. The number of methoxy groups -OCH3 is 1. The number of nitrogens with two attached hydrogens (primary N) is 1. The monoisotopic (exact) mass is 223 g/mol. The van der Waals surface area contributed by atoms with Crippen LogP contribution in [0.5, 0.6) is 5.75 Å². The highest BCUT2D eigenvalue weighted by Gasteiger charge is 2.02. The van der Waals surface area contributed by atoms with Gasteiger partial charge in [-0.05, 0) is 31.0 Å². The summed E-state index contributed by atoms with van der Waals surface area (Å²) in [7, 11) is 1.33. The molecule has 0 fully saturated rings. The van der Waals surface area contributed by atoms with Gasteiger partial charge in [0.15, 0.2) is 6.61 Å². The van der Waals surface area contributed by atoms with Crippen molar-refractivity contribution in [3.63, 3.8) is 0 Å². The molecular formula is C12H17NO3. The van der Waals surface area contributed by atoms with E-state index in [2.05, 4.69) is 4.74 Å². The van der Waals surface area contributed by atoms with E-state index in [9.17, 15) is 4.79 Å². The van der Waals surface area contributed by atoms with Gasteiger partial charge in [-0.2, -0.15) is 0 Å². The van der Waals surface area contributed by atoms with E-state index in [-0.39, 0.29) is 18.6 Å². The predicted octanol–water partition coefficient (Wildman–Crippen LogP) is 1.13. The SMILES string of the molecule is COC(=O)COc1ccc(CC(C)N)cc1. The van der Waals surface area contributed by atoms with Crippen molar-refractivity contribution in [3.05, 3.63) is 29.8 Å². The van der Waals surface area contributed by atoms with Crippen molar-refractivity contribution in [2.75, 3.05) is 13.7 Å². The van der Waals surface area contributed by atoms with Crippen LogP contribution in [0.15, 0.2) is 24.3 Å². The van der Waals surface area contributed by atoms with Gasteiger partial charge in [-0.1, -0.05) is 12.1 Å². The summed E-state index contributed by atoms with van der Waals surface area (Å²) in [6.45, 7) is 1.89. The Morgan fingerprint density at radius 3 is 2.50 bits per heavy atom. The van der Waals surface area contributed by atoms with E-state index in [1.165, 1.54) is 7.11 Å². The highest BCUT2D eigenvalue weighted by atomic mass is 16.6. The third kappa shape index (κ3) is 4.31. The largest absolute Gasteiger partial charge is 0.482 e. The molecule has 0 spiro atoms. The standard InChI is InChI=1S/C12H17NO3/c1-9(13)7-10-3-5-11(6-4-10)16-8-12(14)15-2/h3-6,9H,7-8,13H2,1-2H3. The molecule has 4 nitrogen and oxygen atoms in total. The van der Waals surface area contributed by atoms with Gasteiger partial charge in [0.1, 0.15) is 5.75 Å². The third-order valence-electron chi connectivity index (χ3n) is 2.07. The minimum absolute atomic E-state index is 0.0663. The predicted molar refractivity (Wildman–Crippen MR) is 61.3 cm³/mol. The van der Waals surface area contributed by atoms with Crippen LogP contribution in [-0.4, -0.2) is 25.7 Å². The van der Waals surface area contributed by atoms with Gasteiger partial charge in [0.2, 0.25) is 0 Å². The van der Waals surface area contributed by atoms with Crippen molar-refractivity contribution in [1.29, 1.82) is 0 Å². The van der Waals surface area contributed by atoms with E-state index in [4.69, 9.17) is 10.5 Å². The Kier molecular flexibility index (Phi) is 4.79. The van der Waals surface area contributed by atoms with E-state index in [0.29, 0.717) is 5.75 Å². The molecule has 0 saturated carbocycles. The molecule has 0 heterocycles. The first-order valence-electron chi connectivity index (χ1n) is 5.16. The first kappa shape index (κ1) is 12.5. The van der Waals surface area contributed by atoms with Crippen molar-refractivity contribution in [2.24, 2.45) is 5.73 Å². The van der Waals surface area contributed by atoms with Crippen molar-refractivity contribution in [3.8, 4) is 5.75 Å². The van der Waals surface area contributed by atoms with Crippen molar-refractivity contribution in [2.45, 2.75) is 19.4 Å². The van der Waals surface area contributed by atoms with Crippen LogP contribution in [0.1, 0.15) is 12.5 Å². The van der Waals surface area contributed by atoms with Crippen molar-refractivity contribution >= 4 is 5.97 Å². The van der Waals surface area contributed by atoms with Gasteiger partial charge in [0.25, 0.3) is 0 Å². The number of benzene rings is 1. The van der Waals surface area contributed by atoms with E-state index in [1.54, 1.807) is 0 Å². The van der Waals surface area contributed by atoms with Crippen LogP contribution >= 0.6 is 0 Å². The second-order valence-electron chi connectivity index (χ2n) is 3.69. The number of hydrogen-bond donors (Lipinski definition) is 1. The quantitative estimate of drug-likeness (QED) is 0.760. The number of rotatable bonds is 5. The average Bonchev–Trinajstić information content (AvgIpc) is 2.27. The number of esters is 1. The molecule has 1 rings (SSSR count). The van der Waals surface area contributed by atoms with Gasteiger partial charge in [-0.25, -0.2) is 4.79 Å². The molecular weight excluding hydrogens is 206 g/mol. The lowest BCUT2D eigenvalue weighted by molar-refractivity contribution is -0.142. The lowest BCUT2D eigenvalue weighted by Crippen LogP contribution is -2.17. The van der Waals surface area contributed by atoms with E-state index in [1.807, 2.05) is 31.2 Å².